The Hall–Kier alpha value is -3.20. The largest absolute Gasteiger partial charge is 0.480 e. The van der Waals surface area contributed by atoms with Crippen LogP contribution >= 0.6 is 15.9 Å². The predicted molar refractivity (Wildman–Crippen MR) is 130 cm³/mol. The highest BCUT2D eigenvalue weighted by atomic mass is 79.9. The summed E-state index contributed by atoms with van der Waals surface area (Å²) in [6.07, 6.45) is 0.544. The molecule has 2 aromatic carbocycles. The van der Waals surface area contributed by atoms with Crippen molar-refractivity contribution in [2.75, 3.05) is 13.1 Å². The Balaban J connectivity index is 1.73. The number of rotatable bonds is 10. The first-order valence-electron chi connectivity index (χ1n) is 11.2. The van der Waals surface area contributed by atoms with E-state index in [9.17, 15) is 24.3 Å². The molecule has 34 heavy (non-hydrogen) atoms. The average Bonchev–Trinajstić information content (AvgIpc) is 3.03. The molecule has 1 atom stereocenters. The van der Waals surface area contributed by atoms with Gasteiger partial charge in [0.2, 0.25) is 0 Å². The Labute approximate surface area is 207 Å². The number of aliphatic carboxylic acids is 1. The molecule has 1 aliphatic heterocycles. The summed E-state index contributed by atoms with van der Waals surface area (Å²) >= 11 is 3.30. The van der Waals surface area contributed by atoms with Gasteiger partial charge < -0.3 is 15.3 Å². The highest BCUT2D eigenvalue weighted by Gasteiger charge is 2.37. The summed E-state index contributed by atoms with van der Waals surface area (Å²) in [6.45, 7) is 4.38. The number of carboxylic acid groups (broad SMARTS) is 1. The molecule has 0 saturated carbocycles. The van der Waals surface area contributed by atoms with Gasteiger partial charge in [0, 0.05) is 24.1 Å². The molecule has 0 bridgehead atoms. The van der Waals surface area contributed by atoms with Crippen molar-refractivity contribution in [3.05, 3.63) is 69.7 Å². The topological polar surface area (TPSA) is 107 Å². The first kappa shape index (κ1) is 25.4. The van der Waals surface area contributed by atoms with Crippen LogP contribution in [0.5, 0.6) is 0 Å². The Morgan fingerprint density at radius 1 is 1.03 bits per heavy atom. The smallest absolute Gasteiger partial charge is 0.326 e. The van der Waals surface area contributed by atoms with Crippen molar-refractivity contribution in [3.63, 3.8) is 0 Å². The fourth-order valence-electron chi connectivity index (χ4n) is 3.80. The number of nitrogens with zero attached hydrogens (tertiary/aromatic N) is 2. The van der Waals surface area contributed by atoms with Crippen LogP contribution in [0.2, 0.25) is 0 Å². The van der Waals surface area contributed by atoms with Crippen molar-refractivity contribution in [1.82, 2.24) is 15.1 Å². The molecule has 180 valence electrons. The van der Waals surface area contributed by atoms with Gasteiger partial charge in [-0.15, -0.1) is 0 Å². The van der Waals surface area contributed by atoms with Gasteiger partial charge in [-0.2, -0.15) is 0 Å². The number of halogens is 1. The lowest BCUT2D eigenvalue weighted by molar-refractivity contribution is -0.142. The van der Waals surface area contributed by atoms with Crippen molar-refractivity contribution in [1.29, 1.82) is 0 Å². The number of carbonyl (C=O) groups excluding carboxylic acids is 3. The number of nitrogens with one attached hydrogen (secondary N) is 1. The second-order valence-electron chi connectivity index (χ2n) is 8.61. The van der Waals surface area contributed by atoms with Gasteiger partial charge in [-0.25, -0.2) is 9.59 Å². The molecule has 4 amide bonds. The summed E-state index contributed by atoms with van der Waals surface area (Å²) in [5.41, 5.74) is 1.46. The molecule has 0 aliphatic carbocycles. The standard InChI is InChI=1S/C25H28BrN3O5/c1-16(2)10-12-28(25(34)27-15-17-6-4-3-5-7-17)21(24(32)33)11-13-29-22(30)19-9-8-18(26)14-20(19)23(29)31/h3-9,14,16,21H,10-13,15H2,1-2H3,(H,27,34)(H,32,33). The van der Waals surface area contributed by atoms with Gasteiger partial charge in [0.1, 0.15) is 6.04 Å². The minimum absolute atomic E-state index is 0.0706. The molecule has 2 N–H and O–H groups in total. The van der Waals surface area contributed by atoms with Crippen molar-refractivity contribution in [2.24, 2.45) is 5.92 Å². The Morgan fingerprint density at radius 2 is 1.71 bits per heavy atom. The SMILES string of the molecule is CC(C)CCN(C(=O)NCc1ccccc1)C(CCN1C(=O)c2ccc(Br)cc2C1=O)C(=O)O. The third-order valence-corrected chi connectivity index (χ3v) is 6.21. The number of hydrogen-bond donors (Lipinski definition) is 2. The molecule has 1 heterocycles. The minimum atomic E-state index is -1.19. The van der Waals surface area contributed by atoms with E-state index in [1.54, 1.807) is 18.2 Å². The summed E-state index contributed by atoms with van der Waals surface area (Å²) in [5.74, 6) is -1.85. The highest BCUT2D eigenvalue weighted by molar-refractivity contribution is 9.10. The van der Waals surface area contributed by atoms with Crippen molar-refractivity contribution in [3.8, 4) is 0 Å². The maximum atomic E-state index is 13.0. The number of hydrogen-bond acceptors (Lipinski definition) is 4. The number of carbonyl (C=O) groups is 4. The number of amides is 4. The monoisotopic (exact) mass is 529 g/mol. The molecule has 0 saturated heterocycles. The second kappa shape index (κ2) is 11.3. The molecular weight excluding hydrogens is 502 g/mol. The highest BCUT2D eigenvalue weighted by Crippen LogP contribution is 2.26. The first-order chi connectivity index (χ1) is 16.2. The van der Waals surface area contributed by atoms with Crippen molar-refractivity contribution in [2.45, 2.75) is 39.3 Å². The van der Waals surface area contributed by atoms with E-state index >= 15 is 0 Å². The number of carboxylic acids is 1. The zero-order chi connectivity index (χ0) is 24.8. The predicted octanol–water partition coefficient (Wildman–Crippen LogP) is 4.15. The van der Waals surface area contributed by atoms with Crippen LogP contribution in [-0.4, -0.2) is 57.9 Å². The molecule has 0 aromatic heterocycles. The van der Waals surface area contributed by atoms with E-state index in [2.05, 4.69) is 21.2 Å². The maximum absolute atomic E-state index is 13.0. The molecule has 1 aliphatic rings. The zero-order valence-electron chi connectivity index (χ0n) is 19.2. The summed E-state index contributed by atoms with van der Waals surface area (Å²) in [4.78, 5) is 53.0. The third-order valence-electron chi connectivity index (χ3n) is 5.71. The lowest BCUT2D eigenvalue weighted by Gasteiger charge is -2.30. The molecule has 0 fully saturated rings. The zero-order valence-corrected chi connectivity index (χ0v) is 20.7. The Bertz CT molecular complexity index is 1070. The van der Waals surface area contributed by atoms with E-state index in [0.29, 0.717) is 10.9 Å². The molecular formula is C25H28BrN3O5. The van der Waals surface area contributed by atoms with Crippen molar-refractivity contribution >= 4 is 39.7 Å². The molecule has 3 rings (SSSR count). The van der Waals surface area contributed by atoms with Crippen LogP contribution in [0.3, 0.4) is 0 Å². The number of imide groups is 1. The normalized spacial score (nSPS) is 13.7. The molecule has 1 unspecified atom stereocenters. The van der Waals surface area contributed by atoms with Crippen LogP contribution in [-0.2, 0) is 11.3 Å². The van der Waals surface area contributed by atoms with Crippen LogP contribution in [0.25, 0.3) is 0 Å². The summed E-state index contributed by atoms with van der Waals surface area (Å²) in [6, 6.07) is 12.5. The molecule has 2 aromatic rings. The first-order valence-corrected chi connectivity index (χ1v) is 11.9. The van der Waals surface area contributed by atoms with E-state index in [0.717, 1.165) is 10.5 Å². The van der Waals surface area contributed by atoms with Gasteiger partial charge in [-0.1, -0.05) is 60.1 Å². The maximum Gasteiger partial charge on any atom is 0.326 e. The van der Waals surface area contributed by atoms with Gasteiger partial charge in [0.15, 0.2) is 0 Å². The Kier molecular flexibility index (Phi) is 8.44. The van der Waals surface area contributed by atoms with Gasteiger partial charge >= 0.3 is 12.0 Å². The Morgan fingerprint density at radius 3 is 2.35 bits per heavy atom. The minimum Gasteiger partial charge on any atom is -0.480 e. The van der Waals surface area contributed by atoms with Gasteiger partial charge in [-0.3, -0.25) is 14.5 Å². The lowest BCUT2D eigenvalue weighted by atomic mass is 10.1. The lowest BCUT2D eigenvalue weighted by Crippen LogP contribution is -2.51. The van der Waals surface area contributed by atoms with E-state index in [-0.39, 0.29) is 43.1 Å². The molecule has 0 radical (unpaired) electrons. The molecule has 8 nitrogen and oxygen atoms in total. The van der Waals surface area contributed by atoms with Gasteiger partial charge in [0.05, 0.1) is 11.1 Å². The van der Waals surface area contributed by atoms with Crippen LogP contribution in [0, 0.1) is 5.92 Å². The number of urea groups is 1. The van der Waals surface area contributed by atoms with E-state index in [4.69, 9.17) is 0 Å². The van der Waals surface area contributed by atoms with Crippen molar-refractivity contribution < 1.29 is 24.3 Å². The molecule has 9 heteroatoms. The van der Waals surface area contributed by atoms with Crippen LogP contribution in [0.1, 0.15) is 53.0 Å². The van der Waals surface area contributed by atoms with Crippen LogP contribution in [0.15, 0.2) is 53.0 Å². The third kappa shape index (κ3) is 6.02. The van der Waals surface area contributed by atoms with Crippen LogP contribution in [0.4, 0.5) is 4.79 Å². The van der Waals surface area contributed by atoms with E-state index in [1.165, 1.54) is 4.90 Å². The fourth-order valence-corrected chi connectivity index (χ4v) is 4.16. The van der Waals surface area contributed by atoms with E-state index < -0.39 is 29.9 Å². The van der Waals surface area contributed by atoms with Gasteiger partial charge in [0.25, 0.3) is 11.8 Å². The quantitative estimate of drug-likeness (QED) is 0.449. The van der Waals surface area contributed by atoms with E-state index in [1.807, 2.05) is 44.2 Å². The molecule has 0 spiro atoms. The average molecular weight is 530 g/mol. The second-order valence-corrected chi connectivity index (χ2v) is 9.53. The van der Waals surface area contributed by atoms with Gasteiger partial charge in [-0.05, 0) is 42.5 Å². The number of benzene rings is 2. The summed E-state index contributed by atoms with van der Waals surface area (Å²) < 4.78 is 0.674. The summed E-state index contributed by atoms with van der Waals surface area (Å²) in [5, 5.41) is 12.7. The van der Waals surface area contributed by atoms with Crippen LogP contribution < -0.4 is 5.32 Å². The fraction of sp³-hybridized carbons (Fsp3) is 0.360. The number of fused-ring (bicyclic) bond motifs is 1. The summed E-state index contributed by atoms with van der Waals surface area (Å²) in [7, 11) is 0.